The summed E-state index contributed by atoms with van der Waals surface area (Å²) in [6, 6.07) is 5.60. The summed E-state index contributed by atoms with van der Waals surface area (Å²) in [4.78, 5) is 35.8. The van der Waals surface area contributed by atoms with E-state index in [1.807, 2.05) is 0 Å². The van der Waals surface area contributed by atoms with E-state index in [0.717, 1.165) is 0 Å². The maximum absolute atomic E-state index is 12.3. The van der Waals surface area contributed by atoms with Crippen molar-refractivity contribution in [2.45, 2.75) is 45.8 Å². The van der Waals surface area contributed by atoms with Crippen LogP contribution in [-0.4, -0.2) is 43.2 Å². The molecular weight excluding hydrogens is 362 g/mol. The van der Waals surface area contributed by atoms with Crippen molar-refractivity contribution in [1.29, 1.82) is 0 Å². The molecule has 7 nitrogen and oxygen atoms in total. The van der Waals surface area contributed by atoms with Gasteiger partial charge in [0, 0.05) is 11.4 Å². The summed E-state index contributed by atoms with van der Waals surface area (Å²) >= 11 is 5.80. The third-order valence-corrected chi connectivity index (χ3v) is 3.58. The molecule has 0 heterocycles. The van der Waals surface area contributed by atoms with Crippen molar-refractivity contribution >= 4 is 29.4 Å². The third-order valence-electron chi connectivity index (χ3n) is 3.33. The predicted octanol–water partition coefficient (Wildman–Crippen LogP) is 2.50. The standard InChI is InChI=1S/C18H24ClNO6/c1-4-24-16(21)11-10-15(18(23)25-5-2)20-17(22)12(3)26-14-8-6-13(19)7-9-14/h6-9,12,15H,4-5,10-11H2,1-3H3,(H,20,22). The molecule has 1 amide bonds. The fourth-order valence-electron chi connectivity index (χ4n) is 2.05. The molecule has 1 N–H and O–H groups in total. The van der Waals surface area contributed by atoms with E-state index < -0.39 is 30.0 Å². The minimum absolute atomic E-state index is 0.00990. The summed E-state index contributed by atoms with van der Waals surface area (Å²) in [6.07, 6.45) is -0.781. The van der Waals surface area contributed by atoms with E-state index >= 15 is 0 Å². The molecule has 0 bridgehead atoms. The minimum Gasteiger partial charge on any atom is -0.481 e. The number of rotatable bonds is 10. The second kappa shape index (κ2) is 11.4. The van der Waals surface area contributed by atoms with Gasteiger partial charge in [-0.2, -0.15) is 0 Å². The quantitative estimate of drug-likeness (QED) is 0.622. The highest BCUT2D eigenvalue weighted by Crippen LogP contribution is 2.17. The van der Waals surface area contributed by atoms with Gasteiger partial charge < -0.3 is 19.5 Å². The van der Waals surface area contributed by atoms with Crippen LogP contribution < -0.4 is 10.1 Å². The Morgan fingerprint density at radius 1 is 1.08 bits per heavy atom. The zero-order chi connectivity index (χ0) is 19.5. The van der Waals surface area contributed by atoms with Crippen LogP contribution in [-0.2, 0) is 23.9 Å². The van der Waals surface area contributed by atoms with E-state index in [-0.39, 0.29) is 26.1 Å². The van der Waals surface area contributed by atoms with Crippen molar-refractivity contribution in [2.75, 3.05) is 13.2 Å². The normalized spacial score (nSPS) is 12.6. The van der Waals surface area contributed by atoms with Gasteiger partial charge in [0.05, 0.1) is 13.2 Å². The Kier molecular flexibility index (Phi) is 9.51. The van der Waals surface area contributed by atoms with Crippen LogP contribution in [0.2, 0.25) is 5.02 Å². The molecule has 0 aliphatic carbocycles. The molecule has 0 fully saturated rings. The highest BCUT2D eigenvalue weighted by Gasteiger charge is 2.26. The van der Waals surface area contributed by atoms with Crippen molar-refractivity contribution in [3.63, 3.8) is 0 Å². The summed E-state index contributed by atoms with van der Waals surface area (Å²) in [5, 5.41) is 3.11. The van der Waals surface area contributed by atoms with Crippen molar-refractivity contribution in [3.05, 3.63) is 29.3 Å². The second-order valence-corrected chi connectivity index (χ2v) is 5.81. The Bertz CT molecular complexity index is 604. The van der Waals surface area contributed by atoms with E-state index in [2.05, 4.69) is 5.32 Å². The van der Waals surface area contributed by atoms with Gasteiger partial charge in [-0.1, -0.05) is 11.6 Å². The highest BCUT2D eigenvalue weighted by atomic mass is 35.5. The van der Waals surface area contributed by atoms with Gasteiger partial charge in [-0.15, -0.1) is 0 Å². The number of carbonyl (C=O) groups excluding carboxylic acids is 3. The van der Waals surface area contributed by atoms with Gasteiger partial charge in [-0.25, -0.2) is 4.79 Å². The summed E-state index contributed by atoms with van der Waals surface area (Å²) in [5.74, 6) is -1.08. The lowest BCUT2D eigenvalue weighted by atomic mass is 10.1. The molecule has 1 aromatic rings. The lowest BCUT2D eigenvalue weighted by molar-refractivity contribution is -0.149. The lowest BCUT2D eigenvalue weighted by Gasteiger charge is -2.20. The van der Waals surface area contributed by atoms with Crippen LogP contribution >= 0.6 is 11.6 Å². The van der Waals surface area contributed by atoms with E-state index in [9.17, 15) is 14.4 Å². The van der Waals surface area contributed by atoms with Crippen LogP contribution in [0.4, 0.5) is 0 Å². The largest absolute Gasteiger partial charge is 0.481 e. The molecule has 2 atom stereocenters. The average Bonchev–Trinajstić information content (AvgIpc) is 2.60. The van der Waals surface area contributed by atoms with E-state index in [1.165, 1.54) is 0 Å². The molecule has 144 valence electrons. The number of ether oxygens (including phenoxy) is 3. The van der Waals surface area contributed by atoms with Gasteiger partial charge in [0.2, 0.25) is 0 Å². The first-order valence-corrected chi connectivity index (χ1v) is 8.80. The molecule has 1 rings (SSSR count). The molecule has 0 radical (unpaired) electrons. The first-order valence-electron chi connectivity index (χ1n) is 8.42. The molecule has 0 spiro atoms. The number of nitrogens with one attached hydrogen (secondary N) is 1. The van der Waals surface area contributed by atoms with E-state index in [0.29, 0.717) is 10.8 Å². The second-order valence-electron chi connectivity index (χ2n) is 5.37. The molecule has 0 aliphatic rings. The maximum atomic E-state index is 12.3. The molecule has 0 saturated carbocycles. The first kappa shape index (κ1) is 21.8. The fraction of sp³-hybridized carbons (Fsp3) is 0.500. The number of halogens is 1. The zero-order valence-electron chi connectivity index (χ0n) is 15.1. The first-order chi connectivity index (χ1) is 12.4. The summed E-state index contributed by atoms with van der Waals surface area (Å²) in [6.45, 7) is 5.33. The molecule has 0 aliphatic heterocycles. The molecule has 8 heteroatoms. The van der Waals surface area contributed by atoms with Crippen molar-refractivity contribution in [2.24, 2.45) is 0 Å². The topological polar surface area (TPSA) is 90.9 Å². The number of benzene rings is 1. The van der Waals surface area contributed by atoms with Crippen LogP contribution in [0.3, 0.4) is 0 Å². The predicted molar refractivity (Wildman–Crippen MR) is 96.0 cm³/mol. The molecule has 2 unspecified atom stereocenters. The van der Waals surface area contributed by atoms with Gasteiger partial charge in [-0.3, -0.25) is 9.59 Å². The number of hydrogen-bond acceptors (Lipinski definition) is 6. The van der Waals surface area contributed by atoms with E-state index in [1.54, 1.807) is 45.0 Å². The Morgan fingerprint density at radius 2 is 1.69 bits per heavy atom. The van der Waals surface area contributed by atoms with E-state index in [4.69, 9.17) is 25.8 Å². The zero-order valence-corrected chi connectivity index (χ0v) is 15.9. The molecule has 0 saturated heterocycles. The number of esters is 2. The van der Waals surface area contributed by atoms with Crippen LogP contribution in [0, 0.1) is 0 Å². The Morgan fingerprint density at radius 3 is 2.27 bits per heavy atom. The molecule has 26 heavy (non-hydrogen) atoms. The number of hydrogen-bond donors (Lipinski definition) is 1. The lowest BCUT2D eigenvalue weighted by Crippen LogP contribution is -2.47. The summed E-state index contributed by atoms with van der Waals surface area (Å²) in [5.41, 5.74) is 0. The Balaban J connectivity index is 2.65. The van der Waals surface area contributed by atoms with Gasteiger partial charge in [0.1, 0.15) is 11.8 Å². The fourth-order valence-corrected chi connectivity index (χ4v) is 2.17. The SMILES string of the molecule is CCOC(=O)CCC(NC(=O)C(C)Oc1ccc(Cl)cc1)C(=O)OCC. The number of amides is 1. The van der Waals surface area contributed by atoms with Crippen molar-refractivity contribution < 1.29 is 28.6 Å². The average molecular weight is 386 g/mol. The monoisotopic (exact) mass is 385 g/mol. The molecule has 1 aromatic carbocycles. The number of carbonyl (C=O) groups is 3. The Labute approximate surface area is 157 Å². The van der Waals surface area contributed by atoms with Crippen molar-refractivity contribution in [3.8, 4) is 5.75 Å². The maximum Gasteiger partial charge on any atom is 0.328 e. The molecule has 0 aromatic heterocycles. The smallest absolute Gasteiger partial charge is 0.328 e. The summed E-state index contributed by atoms with van der Waals surface area (Å²) < 4.78 is 15.3. The van der Waals surface area contributed by atoms with Crippen LogP contribution in [0.15, 0.2) is 24.3 Å². The Hall–Kier alpha value is -2.28. The van der Waals surface area contributed by atoms with Gasteiger partial charge in [0.25, 0.3) is 5.91 Å². The highest BCUT2D eigenvalue weighted by molar-refractivity contribution is 6.30. The third kappa shape index (κ3) is 7.74. The van der Waals surface area contributed by atoms with Crippen LogP contribution in [0.1, 0.15) is 33.6 Å². The molecular formula is C18H24ClNO6. The summed E-state index contributed by atoms with van der Waals surface area (Å²) in [7, 11) is 0. The van der Waals surface area contributed by atoms with Gasteiger partial charge >= 0.3 is 11.9 Å². The van der Waals surface area contributed by atoms with Gasteiger partial charge in [0.15, 0.2) is 6.10 Å². The minimum atomic E-state index is -0.955. The van der Waals surface area contributed by atoms with Crippen LogP contribution in [0.5, 0.6) is 5.75 Å². The van der Waals surface area contributed by atoms with Crippen molar-refractivity contribution in [1.82, 2.24) is 5.32 Å². The van der Waals surface area contributed by atoms with Gasteiger partial charge in [-0.05, 0) is 51.5 Å². The van der Waals surface area contributed by atoms with Crippen LogP contribution in [0.25, 0.3) is 0 Å².